The summed E-state index contributed by atoms with van der Waals surface area (Å²) in [6.07, 6.45) is 0. The predicted molar refractivity (Wildman–Crippen MR) is 478 cm³/mol. The van der Waals surface area contributed by atoms with E-state index in [0.717, 1.165) is 166 Å². The van der Waals surface area contributed by atoms with Crippen LogP contribution in [0.4, 0.5) is 102 Å². The summed E-state index contributed by atoms with van der Waals surface area (Å²) in [6, 6.07) is 141. The van der Waals surface area contributed by atoms with Gasteiger partial charge < -0.3 is 38.9 Å². The summed E-state index contributed by atoms with van der Waals surface area (Å²) < 4.78 is 11.6. The van der Waals surface area contributed by atoms with Crippen LogP contribution in [0, 0.1) is 0 Å². The summed E-state index contributed by atoms with van der Waals surface area (Å²) in [6.45, 7) is 3.63. The molecule has 19 rings (SSSR count). The molecule has 10 nitrogen and oxygen atoms in total. The minimum atomic E-state index is -0.746. The largest absolute Gasteiger partial charge is 0.462 e. The summed E-state index contributed by atoms with van der Waals surface area (Å²) in [5, 5.41) is 0. The van der Waals surface area contributed by atoms with Crippen LogP contribution in [0.5, 0.6) is 0 Å². The maximum absolute atomic E-state index is 14.6. The Balaban J connectivity index is 0.687. The first-order chi connectivity index (χ1) is 57.3. The molecule has 558 valence electrons. The van der Waals surface area contributed by atoms with Gasteiger partial charge in [0.15, 0.2) is 5.57 Å². The van der Waals surface area contributed by atoms with Crippen LogP contribution in [0.25, 0.3) is 39.0 Å². The Labute approximate surface area is 684 Å². The average molecular weight is 1540 g/mol. The van der Waals surface area contributed by atoms with Crippen molar-refractivity contribution in [1.29, 1.82) is 0 Å². The standard InChI is InChI=1S/C104H76N6O4S2/c1-3-113-103(111)102(104(112)114-4-2)101-91-65-73(71-45-51-83(52-46-71)109-93-61-55-85(105(75-29-13-5-14-30-75)76-31-15-6-16-32-76)67-97(93)115-98-68-86(56-62-94(98)109)106(77-33-17-7-18-34-77)78-35-19-8-20-36-78)49-59-89(91)90-60-50-74(66-92(90)101)72-47-53-84(54-48-72)110-95-63-57-87(107(79-37-21-9-22-38-79)80-39-23-10-24-40-80)69-99(95)116-100-70-88(58-64-96(100)110)108(81-41-25-11-26-42-81)82-43-27-12-28-44-82/h5-70H,3-4H2,1-2H3. The van der Waals surface area contributed by atoms with Crippen molar-refractivity contribution in [3.63, 3.8) is 0 Å². The molecular weight excluding hydrogens is 1460 g/mol. The second-order valence-corrected chi connectivity index (χ2v) is 30.5. The summed E-state index contributed by atoms with van der Waals surface area (Å²) >= 11 is 3.55. The van der Waals surface area contributed by atoms with E-state index in [0.29, 0.717) is 5.57 Å². The van der Waals surface area contributed by atoms with Crippen molar-refractivity contribution in [3.05, 3.63) is 417 Å². The second kappa shape index (κ2) is 31.7. The zero-order valence-electron chi connectivity index (χ0n) is 63.7. The highest BCUT2D eigenvalue weighted by atomic mass is 32.2. The van der Waals surface area contributed by atoms with Gasteiger partial charge in [-0.05, 0) is 265 Å². The van der Waals surface area contributed by atoms with Crippen LogP contribution in [0.2, 0.25) is 0 Å². The second-order valence-electron chi connectivity index (χ2n) is 28.3. The van der Waals surface area contributed by atoms with Gasteiger partial charge in [-0.2, -0.15) is 0 Å². The van der Waals surface area contributed by atoms with Crippen LogP contribution in [0.15, 0.2) is 426 Å². The lowest BCUT2D eigenvalue weighted by atomic mass is 9.93. The van der Waals surface area contributed by atoms with Gasteiger partial charge in [0.2, 0.25) is 0 Å². The lowest BCUT2D eigenvalue weighted by Gasteiger charge is -2.35. The lowest BCUT2D eigenvalue weighted by Crippen LogP contribution is -2.20. The molecule has 3 aliphatic rings. The third-order valence-electron chi connectivity index (χ3n) is 21.3. The molecule has 0 radical (unpaired) electrons. The molecule has 0 amide bonds. The van der Waals surface area contributed by atoms with Crippen molar-refractivity contribution < 1.29 is 19.1 Å². The molecule has 0 fully saturated rings. The molecule has 1 aliphatic carbocycles. The number of esters is 2. The van der Waals surface area contributed by atoms with Crippen LogP contribution in [0.1, 0.15) is 25.0 Å². The van der Waals surface area contributed by atoms with E-state index in [2.05, 4.69) is 430 Å². The monoisotopic (exact) mass is 1540 g/mol. The molecule has 2 aliphatic heterocycles. The van der Waals surface area contributed by atoms with Gasteiger partial charge in [0, 0.05) is 105 Å². The molecule has 116 heavy (non-hydrogen) atoms. The average Bonchev–Trinajstić information content (AvgIpc) is 1.24. The summed E-state index contributed by atoms with van der Waals surface area (Å²) in [5.41, 5.74) is 26.0. The van der Waals surface area contributed by atoms with Crippen molar-refractivity contribution in [3.8, 4) is 33.4 Å². The van der Waals surface area contributed by atoms with Gasteiger partial charge in [-0.1, -0.05) is 218 Å². The fourth-order valence-corrected chi connectivity index (χ4v) is 18.4. The topological polar surface area (TPSA) is 72.0 Å². The number of hydrogen-bond donors (Lipinski definition) is 0. The molecule has 12 heteroatoms. The van der Waals surface area contributed by atoms with E-state index < -0.39 is 11.9 Å². The SMILES string of the molecule is CCOC(=O)C(C(=O)OCC)=C1c2cc(-c3ccc(N4c5ccc(N(c6ccccc6)c6ccccc6)cc5Sc5cc(N(c6ccccc6)c6ccccc6)ccc54)cc3)ccc2-c2ccc(-c3ccc(N4c5ccc(N(c6ccccc6)c6ccccc6)cc5Sc5cc(N(c6ccccc6)c6ccccc6)ccc54)cc3)cc21. The molecule has 0 aromatic heterocycles. The number of ether oxygens (including phenoxy) is 2. The molecule has 0 saturated heterocycles. The third-order valence-corrected chi connectivity index (χ3v) is 23.5. The van der Waals surface area contributed by atoms with Crippen molar-refractivity contribution in [2.24, 2.45) is 0 Å². The van der Waals surface area contributed by atoms with Gasteiger partial charge in [0.05, 0.1) is 36.0 Å². The van der Waals surface area contributed by atoms with Crippen LogP contribution in [-0.2, 0) is 19.1 Å². The normalized spacial score (nSPS) is 12.1. The highest BCUT2D eigenvalue weighted by Crippen LogP contribution is 2.58. The summed E-state index contributed by atoms with van der Waals surface area (Å²) in [5.74, 6) is -1.49. The van der Waals surface area contributed by atoms with Crippen LogP contribution < -0.4 is 29.4 Å². The molecule has 0 unspecified atom stereocenters. The van der Waals surface area contributed by atoms with Gasteiger partial charge in [-0.15, -0.1) is 0 Å². The first-order valence-corrected chi connectivity index (χ1v) is 40.6. The molecule has 0 N–H and O–H groups in total. The molecule has 0 saturated carbocycles. The minimum Gasteiger partial charge on any atom is -0.462 e. The van der Waals surface area contributed by atoms with E-state index in [1.54, 1.807) is 37.4 Å². The Morgan fingerprint density at radius 3 is 0.716 bits per heavy atom. The first kappa shape index (κ1) is 72.0. The number of hydrogen-bond acceptors (Lipinski definition) is 12. The predicted octanol–water partition coefficient (Wildman–Crippen LogP) is 28.7. The quantitative estimate of drug-likeness (QED) is 0.0316. The Morgan fingerprint density at radius 1 is 0.250 bits per heavy atom. The highest BCUT2D eigenvalue weighted by molar-refractivity contribution is 8.00. The van der Waals surface area contributed by atoms with E-state index in [-0.39, 0.29) is 18.8 Å². The zero-order chi connectivity index (χ0) is 78.0. The molecule has 16 aromatic carbocycles. The van der Waals surface area contributed by atoms with Crippen LogP contribution in [-0.4, -0.2) is 25.2 Å². The Bertz CT molecular complexity index is 5540. The van der Waals surface area contributed by atoms with Crippen molar-refractivity contribution in [2.75, 3.05) is 42.6 Å². The number of fused-ring (bicyclic) bond motifs is 7. The van der Waals surface area contributed by atoms with Gasteiger partial charge in [-0.3, -0.25) is 0 Å². The molecule has 0 atom stereocenters. The number of benzene rings is 16. The molecule has 0 spiro atoms. The van der Waals surface area contributed by atoms with Gasteiger partial charge >= 0.3 is 11.9 Å². The van der Waals surface area contributed by atoms with Gasteiger partial charge in [0.1, 0.15) is 0 Å². The maximum atomic E-state index is 14.6. The molecule has 2 heterocycles. The minimum absolute atomic E-state index is 0.0622. The number of nitrogens with zero attached hydrogens (tertiary/aromatic N) is 6. The van der Waals surface area contributed by atoms with Gasteiger partial charge in [-0.25, -0.2) is 9.59 Å². The van der Waals surface area contributed by atoms with Gasteiger partial charge in [0.25, 0.3) is 0 Å². The lowest BCUT2D eigenvalue weighted by molar-refractivity contribution is -0.146. The van der Waals surface area contributed by atoms with E-state index in [1.165, 1.54) is 0 Å². The smallest absolute Gasteiger partial charge is 0.346 e. The van der Waals surface area contributed by atoms with E-state index >= 15 is 0 Å². The zero-order valence-corrected chi connectivity index (χ0v) is 65.3. The number of para-hydroxylation sites is 8. The number of anilines is 18. The number of rotatable bonds is 20. The van der Waals surface area contributed by atoms with Crippen LogP contribution >= 0.6 is 23.5 Å². The third kappa shape index (κ3) is 13.8. The van der Waals surface area contributed by atoms with Crippen molar-refractivity contribution in [2.45, 2.75) is 33.4 Å². The summed E-state index contributed by atoms with van der Waals surface area (Å²) in [7, 11) is 0. The van der Waals surface area contributed by atoms with E-state index in [9.17, 15) is 9.59 Å². The first-order valence-electron chi connectivity index (χ1n) is 39.0. The maximum Gasteiger partial charge on any atom is 0.346 e. The molecule has 16 aromatic rings. The Morgan fingerprint density at radius 2 is 0.483 bits per heavy atom. The van der Waals surface area contributed by atoms with Crippen molar-refractivity contribution in [1.82, 2.24) is 0 Å². The number of carbonyl (C=O) groups excluding carboxylic acids is 2. The fourth-order valence-electron chi connectivity index (χ4n) is 16.1. The molecule has 0 bridgehead atoms. The fraction of sp³-hybridized carbons (Fsp3) is 0.0385. The Hall–Kier alpha value is -14.3. The Kier molecular flexibility index (Phi) is 19.7. The van der Waals surface area contributed by atoms with E-state index in [4.69, 9.17) is 9.47 Å². The molecular formula is C104H76N6O4S2. The van der Waals surface area contributed by atoms with Crippen LogP contribution in [0.3, 0.4) is 0 Å². The summed E-state index contributed by atoms with van der Waals surface area (Å²) in [4.78, 5) is 47.6. The number of carbonyl (C=O) groups is 2. The van der Waals surface area contributed by atoms with E-state index in [1.807, 2.05) is 0 Å². The van der Waals surface area contributed by atoms with Crippen molar-refractivity contribution >= 4 is 143 Å². The highest BCUT2D eigenvalue weighted by Gasteiger charge is 2.36.